The first-order chi connectivity index (χ1) is 14.7. The number of amides is 1. The minimum atomic E-state index is -0.203. The summed E-state index contributed by atoms with van der Waals surface area (Å²) in [6.07, 6.45) is 3.59. The highest BCUT2D eigenvalue weighted by Crippen LogP contribution is 2.41. The van der Waals surface area contributed by atoms with Crippen molar-refractivity contribution in [3.8, 4) is 11.5 Å². The van der Waals surface area contributed by atoms with Gasteiger partial charge in [-0.25, -0.2) is 0 Å². The standard InChI is InChI=1S/C26H23NO3/c1-3-23-21-10-6-7-11-22(21)26(28)27(23)19-12-13-24(29-2)25(16-19)30-20-14-17-8-4-5-9-18(17)15-20/h3-13,16,20,23H,1,14-15H2,2H3. The van der Waals surface area contributed by atoms with Gasteiger partial charge in [-0.1, -0.05) is 48.5 Å². The van der Waals surface area contributed by atoms with Crippen LogP contribution in [0.4, 0.5) is 5.69 Å². The number of carbonyl (C=O) groups is 1. The molecule has 1 aliphatic carbocycles. The molecule has 0 saturated carbocycles. The summed E-state index contributed by atoms with van der Waals surface area (Å²) in [5.41, 5.74) is 5.12. The van der Waals surface area contributed by atoms with E-state index in [9.17, 15) is 4.79 Å². The molecule has 1 unspecified atom stereocenters. The van der Waals surface area contributed by atoms with Crippen LogP contribution in [0.15, 0.2) is 79.4 Å². The summed E-state index contributed by atoms with van der Waals surface area (Å²) >= 11 is 0. The molecule has 30 heavy (non-hydrogen) atoms. The first kappa shape index (κ1) is 18.5. The predicted molar refractivity (Wildman–Crippen MR) is 117 cm³/mol. The van der Waals surface area contributed by atoms with Crippen LogP contribution in [0.2, 0.25) is 0 Å². The molecule has 1 amide bonds. The molecule has 3 aromatic carbocycles. The number of rotatable bonds is 5. The highest BCUT2D eigenvalue weighted by Gasteiger charge is 2.36. The van der Waals surface area contributed by atoms with Crippen LogP contribution in [-0.4, -0.2) is 19.1 Å². The van der Waals surface area contributed by atoms with Crippen molar-refractivity contribution in [3.05, 3.63) is 102 Å². The molecule has 4 heteroatoms. The zero-order valence-electron chi connectivity index (χ0n) is 16.9. The van der Waals surface area contributed by atoms with Gasteiger partial charge in [0.15, 0.2) is 11.5 Å². The first-order valence-corrected chi connectivity index (χ1v) is 10.2. The number of hydrogen-bond donors (Lipinski definition) is 0. The molecule has 1 heterocycles. The number of hydrogen-bond acceptors (Lipinski definition) is 3. The lowest BCUT2D eigenvalue weighted by Crippen LogP contribution is -2.26. The van der Waals surface area contributed by atoms with Gasteiger partial charge in [-0.05, 0) is 34.9 Å². The lowest BCUT2D eigenvalue weighted by atomic mass is 10.0. The Morgan fingerprint density at radius 1 is 0.967 bits per heavy atom. The first-order valence-electron chi connectivity index (χ1n) is 10.2. The van der Waals surface area contributed by atoms with Crippen LogP contribution in [0, 0.1) is 0 Å². The molecule has 4 nitrogen and oxygen atoms in total. The smallest absolute Gasteiger partial charge is 0.259 e. The van der Waals surface area contributed by atoms with Gasteiger partial charge in [-0.15, -0.1) is 6.58 Å². The monoisotopic (exact) mass is 397 g/mol. The Morgan fingerprint density at radius 3 is 2.37 bits per heavy atom. The summed E-state index contributed by atoms with van der Waals surface area (Å²) in [6, 6.07) is 21.6. The van der Waals surface area contributed by atoms with Crippen LogP contribution in [0.3, 0.4) is 0 Å². The molecular formula is C26H23NO3. The van der Waals surface area contributed by atoms with Crippen LogP contribution in [0.1, 0.15) is 33.1 Å². The van der Waals surface area contributed by atoms with E-state index in [0.29, 0.717) is 17.1 Å². The second-order valence-corrected chi connectivity index (χ2v) is 7.69. The molecule has 0 spiro atoms. The fourth-order valence-electron chi connectivity index (χ4n) is 4.54. The summed E-state index contributed by atoms with van der Waals surface area (Å²) in [5, 5.41) is 0. The van der Waals surface area contributed by atoms with Gasteiger partial charge < -0.3 is 9.47 Å². The van der Waals surface area contributed by atoms with E-state index < -0.39 is 0 Å². The quantitative estimate of drug-likeness (QED) is 0.560. The fraction of sp³-hybridized carbons (Fsp3) is 0.192. The maximum atomic E-state index is 13.1. The van der Waals surface area contributed by atoms with Crippen molar-refractivity contribution in [3.63, 3.8) is 0 Å². The van der Waals surface area contributed by atoms with Crippen molar-refractivity contribution in [2.45, 2.75) is 25.0 Å². The molecule has 3 aromatic rings. The van der Waals surface area contributed by atoms with E-state index in [2.05, 4.69) is 30.8 Å². The maximum Gasteiger partial charge on any atom is 0.259 e. The Morgan fingerprint density at radius 2 is 1.67 bits per heavy atom. The van der Waals surface area contributed by atoms with Crippen LogP contribution in [0.25, 0.3) is 0 Å². The average Bonchev–Trinajstić information content (AvgIpc) is 3.31. The highest BCUT2D eigenvalue weighted by atomic mass is 16.5. The van der Waals surface area contributed by atoms with Gasteiger partial charge in [-0.2, -0.15) is 0 Å². The van der Waals surface area contributed by atoms with Crippen molar-refractivity contribution in [1.82, 2.24) is 0 Å². The fourth-order valence-corrected chi connectivity index (χ4v) is 4.54. The topological polar surface area (TPSA) is 38.8 Å². The van der Waals surface area contributed by atoms with Gasteiger partial charge in [0.1, 0.15) is 6.10 Å². The van der Waals surface area contributed by atoms with Gasteiger partial charge in [0.05, 0.1) is 13.2 Å². The minimum Gasteiger partial charge on any atom is -0.493 e. The third-order valence-corrected chi connectivity index (χ3v) is 5.96. The zero-order chi connectivity index (χ0) is 20.7. The number of fused-ring (bicyclic) bond motifs is 2. The third-order valence-electron chi connectivity index (χ3n) is 5.96. The highest BCUT2D eigenvalue weighted by molar-refractivity contribution is 6.11. The van der Waals surface area contributed by atoms with Crippen molar-refractivity contribution in [2.24, 2.45) is 0 Å². The molecule has 1 atom stereocenters. The lowest BCUT2D eigenvalue weighted by molar-refractivity contribution is 0.0994. The number of methoxy groups -OCH3 is 1. The number of carbonyl (C=O) groups excluding carboxylic acids is 1. The van der Waals surface area contributed by atoms with Crippen molar-refractivity contribution in [1.29, 1.82) is 0 Å². The second-order valence-electron chi connectivity index (χ2n) is 7.69. The molecule has 0 bridgehead atoms. The van der Waals surface area contributed by atoms with Crippen LogP contribution in [0.5, 0.6) is 11.5 Å². The maximum absolute atomic E-state index is 13.1. The Balaban J connectivity index is 1.47. The lowest BCUT2D eigenvalue weighted by Gasteiger charge is -2.24. The summed E-state index contributed by atoms with van der Waals surface area (Å²) in [4.78, 5) is 14.9. The van der Waals surface area contributed by atoms with Crippen molar-refractivity contribution in [2.75, 3.05) is 12.0 Å². The van der Waals surface area contributed by atoms with E-state index >= 15 is 0 Å². The number of ether oxygens (including phenoxy) is 2. The summed E-state index contributed by atoms with van der Waals surface area (Å²) in [7, 11) is 1.63. The molecule has 0 aromatic heterocycles. The normalized spacial score (nSPS) is 17.6. The number of benzene rings is 3. The van der Waals surface area contributed by atoms with E-state index in [1.54, 1.807) is 12.0 Å². The van der Waals surface area contributed by atoms with Crippen LogP contribution < -0.4 is 14.4 Å². The van der Waals surface area contributed by atoms with Gasteiger partial charge in [-0.3, -0.25) is 9.69 Å². The molecule has 1 aliphatic heterocycles. The van der Waals surface area contributed by atoms with E-state index in [4.69, 9.17) is 9.47 Å². The third kappa shape index (κ3) is 2.96. The summed E-state index contributed by atoms with van der Waals surface area (Å²) < 4.78 is 11.9. The van der Waals surface area contributed by atoms with Gasteiger partial charge in [0.2, 0.25) is 0 Å². The molecule has 0 radical (unpaired) electrons. The van der Waals surface area contributed by atoms with Gasteiger partial charge >= 0.3 is 0 Å². The molecule has 0 saturated heterocycles. The number of anilines is 1. The average molecular weight is 397 g/mol. The molecule has 2 aliphatic rings. The number of nitrogens with zero attached hydrogens (tertiary/aromatic N) is 1. The largest absolute Gasteiger partial charge is 0.493 e. The Hall–Kier alpha value is -3.53. The molecule has 0 N–H and O–H groups in total. The van der Waals surface area contributed by atoms with Crippen molar-refractivity contribution >= 4 is 11.6 Å². The molecule has 150 valence electrons. The van der Waals surface area contributed by atoms with Gasteiger partial charge in [0.25, 0.3) is 5.91 Å². The van der Waals surface area contributed by atoms with Crippen LogP contribution in [-0.2, 0) is 12.8 Å². The van der Waals surface area contributed by atoms with Crippen LogP contribution >= 0.6 is 0 Å². The Bertz CT molecular complexity index is 1110. The van der Waals surface area contributed by atoms with E-state index in [1.807, 2.05) is 48.5 Å². The SMILES string of the molecule is C=CC1c2ccccc2C(=O)N1c1ccc(OC)c(OC2Cc3ccccc3C2)c1. The van der Waals surface area contributed by atoms with E-state index in [1.165, 1.54) is 11.1 Å². The van der Waals surface area contributed by atoms with Gasteiger partial charge in [0, 0.05) is 30.2 Å². The van der Waals surface area contributed by atoms with E-state index in [0.717, 1.165) is 24.1 Å². The molecule has 5 rings (SSSR count). The molecular weight excluding hydrogens is 374 g/mol. The van der Waals surface area contributed by atoms with Crippen molar-refractivity contribution < 1.29 is 14.3 Å². The second kappa shape index (κ2) is 7.38. The minimum absolute atomic E-state index is 0.0279. The summed E-state index contributed by atoms with van der Waals surface area (Å²) in [5.74, 6) is 1.29. The zero-order valence-corrected chi connectivity index (χ0v) is 16.9. The Kier molecular flexibility index (Phi) is 4.55. The predicted octanol–water partition coefficient (Wildman–Crippen LogP) is 5.13. The molecule has 0 fully saturated rings. The van der Waals surface area contributed by atoms with E-state index in [-0.39, 0.29) is 18.1 Å². The summed E-state index contributed by atoms with van der Waals surface area (Å²) in [6.45, 7) is 3.96. The Labute approximate surface area is 176 Å².